The molecule has 11 heteroatoms. The first kappa shape index (κ1) is 31.3. The molecule has 0 bridgehead atoms. The normalized spacial score (nSPS) is 18.0. The van der Waals surface area contributed by atoms with Crippen molar-refractivity contribution < 1.29 is 49.0 Å². The van der Waals surface area contributed by atoms with E-state index in [1.807, 2.05) is 12.1 Å². The van der Waals surface area contributed by atoms with Gasteiger partial charge < -0.3 is 9.47 Å². The highest BCUT2D eigenvalue weighted by Gasteiger charge is 2.41. The van der Waals surface area contributed by atoms with E-state index in [4.69, 9.17) is 0 Å². The van der Waals surface area contributed by atoms with Crippen LogP contribution in [0.4, 0.5) is 39.5 Å². The van der Waals surface area contributed by atoms with E-state index in [9.17, 15) is 39.5 Å². The summed E-state index contributed by atoms with van der Waals surface area (Å²) in [5, 5.41) is 0. The average molecular weight is 603 g/mol. The van der Waals surface area contributed by atoms with Crippen molar-refractivity contribution in [3.8, 4) is 22.6 Å². The number of benzene rings is 3. The van der Waals surface area contributed by atoms with Crippen molar-refractivity contribution >= 4 is 0 Å². The number of allylic oxidation sites excluding steroid dienone is 1. The fraction of sp³-hybridized carbons (Fsp3) is 0.355. The molecule has 0 amide bonds. The molecule has 4 rings (SSSR count). The first-order valence-corrected chi connectivity index (χ1v) is 13.3. The van der Waals surface area contributed by atoms with Gasteiger partial charge in [0.1, 0.15) is 22.9 Å². The lowest BCUT2D eigenvalue weighted by atomic mass is 9.77. The molecule has 0 N–H and O–H groups in total. The topological polar surface area (TPSA) is 18.5 Å². The van der Waals surface area contributed by atoms with Crippen LogP contribution in [0.25, 0.3) is 11.1 Å². The lowest BCUT2D eigenvalue weighted by molar-refractivity contribution is -0.189. The maximum Gasteiger partial charge on any atom is 0.432 e. The SMILES string of the molecule is CCCC1CCC(c2ccc(-c3cc(F)c(C(F)(F)Oc4cc(F)c(O/C=C\C(F)(F)F)c(F)c4)c(F)c3)cc2)CC1. The molecule has 0 aliphatic heterocycles. The first-order chi connectivity index (χ1) is 19.8. The second kappa shape index (κ2) is 12.7. The quantitative estimate of drug-likeness (QED) is 0.179. The predicted molar refractivity (Wildman–Crippen MR) is 138 cm³/mol. The van der Waals surface area contributed by atoms with Crippen molar-refractivity contribution in [3.63, 3.8) is 0 Å². The van der Waals surface area contributed by atoms with Crippen LogP contribution in [0.1, 0.15) is 62.5 Å². The van der Waals surface area contributed by atoms with Crippen LogP contribution in [0.3, 0.4) is 0 Å². The average Bonchev–Trinajstić information content (AvgIpc) is 2.89. The molecule has 42 heavy (non-hydrogen) atoms. The van der Waals surface area contributed by atoms with Crippen LogP contribution in [0.2, 0.25) is 0 Å². The van der Waals surface area contributed by atoms with E-state index in [-0.39, 0.29) is 24.0 Å². The zero-order chi connectivity index (χ0) is 30.7. The van der Waals surface area contributed by atoms with Gasteiger partial charge in [0.05, 0.1) is 12.3 Å². The van der Waals surface area contributed by atoms with Gasteiger partial charge in [0.25, 0.3) is 0 Å². The second-order valence-corrected chi connectivity index (χ2v) is 10.2. The summed E-state index contributed by atoms with van der Waals surface area (Å²) in [5.41, 5.74) is -0.307. The summed E-state index contributed by atoms with van der Waals surface area (Å²) in [6.45, 7) is 2.17. The Morgan fingerprint density at radius 2 is 1.33 bits per heavy atom. The summed E-state index contributed by atoms with van der Waals surface area (Å²) in [6, 6.07) is 8.79. The van der Waals surface area contributed by atoms with Gasteiger partial charge in [0, 0.05) is 12.1 Å². The minimum absolute atomic E-state index is 0.00624. The summed E-state index contributed by atoms with van der Waals surface area (Å²) >= 11 is 0. The fourth-order valence-corrected chi connectivity index (χ4v) is 5.24. The molecular formula is C31H27F9O2. The fourth-order valence-electron chi connectivity index (χ4n) is 5.24. The van der Waals surface area contributed by atoms with Crippen LogP contribution >= 0.6 is 0 Å². The van der Waals surface area contributed by atoms with Gasteiger partial charge >= 0.3 is 12.3 Å². The van der Waals surface area contributed by atoms with Gasteiger partial charge in [0.2, 0.25) is 0 Å². The van der Waals surface area contributed by atoms with Crippen molar-refractivity contribution in [2.24, 2.45) is 5.92 Å². The van der Waals surface area contributed by atoms with Gasteiger partial charge in [-0.2, -0.15) is 22.0 Å². The number of hydrogen-bond acceptors (Lipinski definition) is 2. The van der Waals surface area contributed by atoms with Gasteiger partial charge in [-0.05, 0) is 66.3 Å². The van der Waals surface area contributed by atoms with Crippen molar-refractivity contribution in [2.45, 2.75) is 63.7 Å². The Morgan fingerprint density at radius 3 is 1.86 bits per heavy atom. The molecule has 0 saturated heterocycles. The Morgan fingerprint density at radius 1 is 0.762 bits per heavy atom. The van der Waals surface area contributed by atoms with Crippen molar-refractivity contribution in [1.82, 2.24) is 0 Å². The number of halogens is 9. The van der Waals surface area contributed by atoms with Crippen LogP contribution in [0, 0.1) is 29.2 Å². The van der Waals surface area contributed by atoms with E-state index in [0.29, 0.717) is 23.6 Å². The Balaban J connectivity index is 1.49. The van der Waals surface area contributed by atoms with Crippen LogP contribution in [-0.4, -0.2) is 6.18 Å². The van der Waals surface area contributed by atoms with Crippen LogP contribution < -0.4 is 9.47 Å². The second-order valence-electron chi connectivity index (χ2n) is 10.2. The molecule has 226 valence electrons. The largest absolute Gasteiger partial charge is 0.459 e. The minimum Gasteiger partial charge on any atom is -0.459 e. The number of alkyl halides is 5. The van der Waals surface area contributed by atoms with E-state index in [0.717, 1.165) is 43.6 Å². The highest BCUT2D eigenvalue weighted by Crippen LogP contribution is 2.40. The standard InChI is InChI=1S/C31H27F9O2/c1-2-3-18-4-6-19(7-5-18)20-8-10-21(11-9-20)22-14-24(32)28(25(33)15-22)31(39,40)42-23-16-26(34)29(27(35)17-23)41-13-12-30(36,37)38/h8-19H,2-7H2,1H3/b13-12-. The van der Waals surface area contributed by atoms with E-state index in [1.54, 1.807) is 12.1 Å². The Labute approximate surface area is 236 Å². The van der Waals surface area contributed by atoms with Crippen LogP contribution in [-0.2, 0) is 6.11 Å². The summed E-state index contributed by atoms with van der Waals surface area (Å²) < 4.78 is 133. The Kier molecular flexibility index (Phi) is 9.47. The third-order valence-electron chi connectivity index (χ3n) is 7.25. The third-order valence-corrected chi connectivity index (χ3v) is 7.25. The summed E-state index contributed by atoms with van der Waals surface area (Å²) in [7, 11) is 0. The molecule has 0 aromatic heterocycles. The molecule has 1 aliphatic carbocycles. The molecule has 3 aromatic carbocycles. The molecule has 1 aliphatic rings. The maximum absolute atomic E-state index is 14.9. The molecule has 3 aromatic rings. The lowest BCUT2D eigenvalue weighted by Gasteiger charge is -2.28. The number of ether oxygens (including phenoxy) is 2. The molecule has 0 atom stereocenters. The molecule has 0 unspecified atom stereocenters. The third kappa shape index (κ3) is 7.60. The molecule has 0 spiro atoms. The van der Waals surface area contributed by atoms with Crippen molar-refractivity contribution in [1.29, 1.82) is 0 Å². The van der Waals surface area contributed by atoms with E-state index in [2.05, 4.69) is 16.4 Å². The molecule has 2 nitrogen and oxygen atoms in total. The molecular weight excluding hydrogens is 575 g/mol. The Bertz CT molecular complexity index is 1360. The molecule has 1 saturated carbocycles. The van der Waals surface area contributed by atoms with Crippen LogP contribution in [0.15, 0.2) is 60.9 Å². The molecule has 0 heterocycles. The monoisotopic (exact) mass is 602 g/mol. The van der Waals surface area contributed by atoms with Crippen molar-refractivity contribution in [3.05, 3.63) is 95.3 Å². The summed E-state index contributed by atoms with van der Waals surface area (Å²) in [4.78, 5) is 0. The van der Waals surface area contributed by atoms with Gasteiger partial charge in [-0.1, -0.05) is 44.0 Å². The Hall–Kier alpha value is -3.63. The molecule has 1 fully saturated rings. The summed E-state index contributed by atoms with van der Waals surface area (Å²) in [5.74, 6) is -8.11. The van der Waals surface area contributed by atoms with Gasteiger partial charge in [-0.25, -0.2) is 17.6 Å². The highest BCUT2D eigenvalue weighted by atomic mass is 19.4. The number of hydrogen-bond donors (Lipinski definition) is 0. The van der Waals surface area contributed by atoms with Crippen molar-refractivity contribution in [2.75, 3.05) is 0 Å². The maximum atomic E-state index is 14.9. The van der Waals surface area contributed by atoms with E-state index >= 15 is 0 Å². The zero-order valence-corrected chi connectivity index (χ0v) is 22.4. The number of rotatable bonds is 9. The predicted octanol–water partition coefficient (Wildman–Crippen LogP) is 10.6. The summed E-state index contributed by atoms with van der Waals surface area (Å²) in [6.07, 6.45) is -3.29. The highest BCUT2D eigenvalue weighted by molar-refractivity contribution is 5.64. The van der Waals surface area contributed by atoms with Gasteiger partial charge in [0.15, 0.2) is 17.4 Å². The zero-order valence-electron chi connectivity index (χ0n) is 22.4. The van der Waals surface area contributed by atoms with Crippen LogP contribution in [0.5, 0.6) is 11.5 Å². The smallest absolute Gasteiger partial charge is 0.432 e. The van der Waals surface area contributed by atoms with Gasteiger partial charge in [-0.15, -0.1) is 0 Å². The van der Waals surface area contributed by atoms with E-state index in [1.165, 1.54) is 6.42 Å². The van der Waals surface area contributed by atoms with Gasteiger partial charge in [-0.3, -0.25) is 0 Å². The minimum atomic E-state index is -4.83. The molecule has 0 radical (unpaired) electrons. The van der Waals surface area contributed by atoms with E-state index < -0.39 is 58.7 Å². The first-order valence-electron chi connectivity index (χ1n) is 13.3. The lowest BCUT2D eigenvalue weighted by Crippen LogP contribution is -2.25.